The summed E-state index contributed by atoms with van der Waals surface area (Å²) in [6, 6.07) is 15.3. The van der Waals surface area contributed by atoms with Crippen LogP contribution in [-0.2, 0) is 104 Å². The number of rotatable bonds is 30. The number of pyridine rings is 1. The number of fused-ring (bicyclic) bond motifs is 2. The molecule has 3 aromatic heterocycles. The number of carboxylic acids is 1. The molecule has 4 heterocycles. The monoisotopic (exact) mass is 1920 g/mol. The highest BCUT2D eigenvalue weighted by Crippen LogP contribution is 2.35. The van der Waals surface area contributed by atoms with Crippen LogP contribution in [0.5, 0.6) is 11.5 Å². The summed E-state index contributed by atoms with van der Waals surface area (Å²) in [5, 5.41) is 67.6. The Balaban J connectivity index is 0.00000293. The summed E-state index contributed by atoms with van der Waals surface area (Å²) < 4.78 is 59.9. The number of carbonyl (C=O) groups excluding carboxylic acids is 15. The minimum atomic E-state index is -5.08. The molecule has 1 aliphatic carbocycles. The van der Waals surface area contributed by atoms with Gasteiger partial charge in [0.2, 0.25) is 88.6 Å². The van der Waals surface area contributed by atoms with Crippen LogP contribution in [0.3, 0.4) is 0 Å². The van der Waals surface area contributed by atoms with E-state index < -0.39 is 199 Å². The lowest BCUT2D eigenvalue weighted by Crippen LogP contribution is -2.63. The number of benzene rings is 5. The molecule has 1 saturated heterocycles. The molecule has 0 spiro atoms. The van der Waals surface area contributed by atoms with Crippen molar-refractivity contribution in [2.75, 3.05) is 54.4 Å². The van der Waals surface area contributed by atoms with Gasteiger partial charge in [-0.05, 0) is 171 Å². The Morgan fingerprint density at radius 3 is 1.78 bits per heavy atom. The van der Waals surface area contributed by atoms with E-state index in [0.717, 1.165) is 50.9 Å². The molecule has 2 aliphatic rings. The Bertz CT molecular complexity index is 5630. The second-order valence-corrected chi connectivity index (χ2v) is 34.0. The summed E-state index contributed by atoms with van der Waals surface area (Å²) in [6.07, 6.45) is -2.01. The van der Waals surface area contributed by atoms with Crippen LogP contribution in [0, 0.1) is 17.7 Å². The third kappa shape index (κ3) is 31.3. The van der Waals surface area contributed by atoms with E-state index in [1.54, 1.807) is 73.1 Å². The van der Waals surface area contributed by atoms with Gasteiger partial charge in [0.25, 0.3) is 5.91 Å². The molecule has 18 N–H and O–H groups in total. The number of carboxylic acid groups (broad SMARTS) is 1. The zero-order valence-electron chi connectivity index (χ0n) is 76.7. The Morgan fingerprint density at radius 1 is 0.587 bits per heavy atom. The highest BCUT2D eigenvalue weighted by atomic mass is 19.4. The van der Waals surface area contributed by atoms with Crippen molar-refractivity contribution in [1.82, 2.24) is 87.7 Å². The number of aromatic amines is 2. The molecule has 0 radical (unpaired) electrons. The fourth-order valence-electron chi connectivity index (χ4n) is 15.9. The molecule has 1 saturated carbocycles. The fourth-order valence-corrected chi connectivity index (χ4v) is 15.9. The van der Waals surface area contributed by atoms with Crippen LogP contribution in [0.15, 0.2) is 152 Å². The molecule has 5 aromatic carbocycles. The van der Waals surface area contributed by atoms with Gasteiger partial charge in [0.15, 0.2) is 0 Å². The predicted octanol–water partition coefficient (Wildman–Crippen LogP) is 3.09. The third-order valence-electron chi connectivity index (χ3n) is 23.8. The number of unbranched alkanes of at least 4 members (excludes halogenated alkanes) is 2. The van der Waals surface area contributed by atoms with Gasteiger partial charge in [0.05, 0.1) is 12.2 Å². The average Bonchev–Trinajstić information content (AvgIpc) is 1.56. The number of aliphatic carboxylic acids is 1. The summed E-state index contributed by atoms with van der Waals surface area (Å²) in [5.74, 6) is -18.3. The van der Waals surface area contributed by atoms with E-state index in [1.165, 1.54) is 89.7 Å². The lowest BCUT2D eigenvalue weighted by atomic mass is 9.99. The number of aromatic hydroxyl groups is 2. The SMILES string of the molecule is CC(=O)NCCCC[C@H]1C(=O)N[C@@H](Cc2c[nH]c3ccc(O)cc23)C(=O)N[C@@H](Cc2c[nH]c3ccccc23)C(=O)N[C@@H](C2CC2)C(=O)N(C)[C@H](C(=O)N(C)[C@@H](Cc2ccc(F)cc2)C(=O)N[C@@H](CCCCNC(=O)c2ccc(F)nc2)C(N)=O)CNC(=O)CCC[C@H](NC(C)=O)C(=O)N[C@@H](Cc2ccc(O)cc2)C(=O)N[C@@H](CO)C(=O)N(C)[C@@H](CCc2ccccc2)C(=O)N1C.O=C(O)C(F)(F)F. The number of para-hydroxylation sites is 1. The lowest BCUT2D eigenvalue weighted by molar-refractivity contribution is -0.192. The van der Waals surface area contributed by atoms with Gasteiger partial charge >= 0.3 is 12.1 Å². The van der Waals surface area contributed by atoms with Gasteiger partial charge in [-0.15, -0.1) is 0 Å². The van der Waals surface area contributed by atoms with Crippen LogP contribution in [0.1, 0.15) is 129 Å². The van der Waals surface area contributed by atoms with E-state index in [1.807, 2.05) is 0 Å². The highest BCUT2D eigenvalue weighted by molar-refractivity contribution is 6.01. The van der Waals surface area contributed by atoms with E-state index in [-0.39, 0.29) is 126 Å². The number of aryl methyl sites for hydroxylation is 1. The number of halogens is 5. The number of nitrogens with zero attached hydrogens (tertiary/aromatic N) is 5. The highest BCUT2D eigenvalue weighted by Gasteiger charge is 2.46. The van der Waals surface area contributed by atoms with Gasteiger partial charge in [-0.25, -0.2) is 14.2 Å². The molecule has 38 nitrogen and oxygen atoms in total. The lowest BCUT2D eigenvalue weighted by Gasteiger charge is -2.36. The largest absolute Gasteiger partial charge is 0.508 e. The molecule has 43 heteroatoms. The molecule has 10 rings (SSSR count). The number of amides is 15. The van der Waals surface area contributed by atoms with E-state index in [4.69, 9.17) is 15.6 Å². The first-order valence-electron chi connectivity index (χ1n) is 44.8. The number of phenols is 2. The number of likely N-dealkylation sites (N-methyl/N-ethyl adjacent to an activating group) is 4. The van der Waals surface area contributed by atoms with Crippen molar-refractivity contribution in [3.8, 4) is 11.5 Å². The summed E-state index contributed by atoms with van der Waals surface area (Å²) in [6.45, 7) is 0.790. The second-order valence-electron chi connectivity index (χ2n) is 34.0. The zero-order valence-corrected chi connectivity index (χ0v) is 76.7. The molecule has 15 amide bonds. The number of alkyl halides is 3. The maximum atomic E-state index is 16.0. The molecular formula is C95H115F5N18O20. The van der Waals surface area contributed by atoms with Crippen LogP contribution < -0.4 is 58.9 Å². The number of phenolic OH excluding ortho intramolecular Hbond substituents is 2. The normalized spacial score (nSPS) is 20.0. The topological polar surface area (TPSA) is 558 Å². The van der Waals surface area contributed by atoms with E-state index >= 15 is 38.4 Å². The van der Waals surface area contributed by atoms with Crippen LogP contribution in [-0.4, -0.2) is 277 Å². The van der Waals surface area contributed by atoms with Crippen molar-refractivity contribution < 1.29 is 119 Å². The number of nitrogens with two attached hydrogens (primary N) is 1. The van der Waals surface area contributed by atoms with Crippen LogP contribution in [0.25, 0.3) is 21.8 Å². The summed E-state index contributed by atoms with van der Waals surface area (Å²) in [4.78, 5) is 244. The predicted molar refractivity (Wildman–Crippen MR) is 490 cm³/mol. The Hall–Kier alpha value is -14.9. The van der Waals surface area contributed by atoms with Gasteiger partial charge in [-0.2, -0.15) is 17.6 Å². The molecule has 740 valence electrons. The Kier molecular flexibility index (Phi) is 39.1. The third-order valence-corrected chi connectivity index (χ3v) is 23.8. The number of nitrogens with one attached hydrogen (secondary N) is 12. The molecular weight excluding hydrogens is 1810 g/mol. The average molecular weight is 1920 g/mol. The van der Waals surface area contributed by atoms with Gasteiger partial charge in [-0.1, -0.05) is 72.8 Å². The molecule has 0 bridgehead atoms. The quantitative estimate of drug-likeness (QED) is 0.0175. The van der Waals surface area contributed by atoms with Gasteiger partial charge < -0.3 is 109 Å². The maximum absolute atomic E-state index is 16.0. The van der Waals surface area contributed by atoms with Crippen molar-refractivity contribution in [1.29, 1.82) is 0 Å². The number of hydrogen-bond acceptors (Lipinski definition) is 20. The first-order valence-corrected chi connectivity index (χ1v) is 44.8. The van der Waals surface area contributed by atoms with Crippen molar-refractivity contribution >= 4 is 116 Å². The summed E-state index contributed by atoms with van der Waals surface area (Å²) in [7, 11) is 5.01. The summed E-state index contributed by atoms with van der Waals surface area (Å²) in [5.41, 5.74) is 9.35. The standard InChI is InChI=1S/C93H114F2N18O18.C2HF3O2/c1-53(115)97-41-15-13-23-75-88(126)107-72(46-61-50-100-68-38-37-64(118)47-66(61)68)86(124)106-73(45-60-49-99-67-20-11-10-19-65(60)67)87(125)109-81(58-30-31-58)93(131)113(6)78(92(130)112(5)77(44-57-25-33-62(94)34-26-57)89(127)104-69(82(96)120)21-12-14-42-98-83(121)59-32-40-79(95)101-48-59)51-102-80(119)24-16-22-70(103-54(2)116)84(122)105-71(43-56-27-35-63(117)36-28-56)85(123)108-74(52-114)90(128)111(4)76(91(129)110(75)3)39-29-55-17-8-7-9-18-55;3-2(4,5)1(6)7/h7-11,17-20,25-28,32-38,40,47-50,58,69-78,81,99-100,114,117-118H,12-16,21-24,29-31,39,41-46,51-52H2,1-6H3,(H2,96,120)(H,97,115)(H,98,121)(H,102,119)(H,103,116)(H,104,127)(H,105,122)(H,106,124)(H,107,126)(H,108,123)(H,109,125);(H,6,7)/t69-,70-,71-,72-,73-,74-,75-,76-,77-,78-,81-;/m0./s1. The summed E-state index contributed by atoms with van der Waals surface area (Å²) >= 11 is 0. The van der Waals surface area contributed by atoms with Gasteiger partial charge in [-0.3, -0.25) is 71.9 Å². The van der Waals surface area contributed by atoms with Crippen molar-refractivity contribution in [3.05, 3.63) is 197 Å². The maximum Gasteiger partial charge on any atom is 0.490 e. The number of aliphatic hydroxyl groups excluding tert-OH is 1. The number of aliphatic hydroxyl groups is 1. The van der Waals surface area contributed by atoms with Crippen LogP contribution in [0.4, 0.5) is 22.0 Å². The number of H-pyrrole nitrogens is 2. The number of aromatic nitrogens is 3. The molecule has 0 unspecified atom stereocenters. The molecule has 1 aliphatic heterocycles. The molecule has 138 heavy (non-hydrogen) atoms. The van der Waals surface area contributed by atoms with Gasteiger partial charge in [0, 0.05) is 134 Å². The molecule has 11 atom stereocenters. The van der Waals surface area contributed by atoms with E-state index in [0.29, 0.717) is 62.5 Å². The van der Waals surface area contributed by atoms with Gasteiger partial charge in [0.1, 0.15) is 83.8 Å². The number of carbonyl (C=O) groups is 16. The van der Waals surface area contributed by atoms with E-state index in [9.17, 15) is 70.8 Å². The smallest absolute Gasteiger partial charge is 0.490 e. The first kappa shape index (κ1) is 107. The second kappa shape index (κ2) is 50.6. The minimum absolute atomic E-state index is 0.0607. The van der Waals surface area contributed by atoms with Crippen LogP contribution >= 0.6 is 0 Å². The zero-order chi connectivity index (χ0) is 101. The molecule has 2 fully saturated rings. The number of primary amides is 1. The fraction of sp³-hybridized carbons (Fsp3) is 0.421. The first-order chi connectivity index (χ1) is 65.6. The van der Waals surface area contributed by atoms with Crippen LogP contribution in [0.2, 0.25) is 0 Å². The molecule has 8 aromatic rings. The van der Waals surface area contributed by atoms with Crippen molar-refractivity contribution in [3.63, 3.8) is 0 Å². The van der Waals surface area contributed by atoms with Crippen molar-refractivity contribution in [2.24, 2.45) is 11.7 Å². The van der Waals surface area contributed by atoms with Crippen molar-refractivity contribution in [2.45, 2.75) is 196 Å². The Morgan fingerprint density at radius 2 is 1.16 bits per heavy atom. The van der Waals surface area contributed by atoms with E-state index in [2.05, 4.69) is 68.1 Å². The Labute approximate surface area is 790 Å². The minimum Gasteiger partial charge on any atom is -0.508 e. The number of hydrogen-bond donors (Lipinski definition) is 17.